The number of methoxy groups -OCH3 is 2. The number of thioether (sulfide) groups is 1. The summed E-state index contributed by atoms with van der Waals surface area (Å²) in [6.45, 7) is 5.56. The highest BCUT2D eigenvalue weighted by atomic mass is 32.2. The van der Waals surface area contributed by atoms with Gasteiger partial charge in [0, 0.05) is 16.6 Å². The Hall–Kier alpha value is -2.67. The molecule has 150 valence electrons. The molecule has 0 saturated carbocycles. The van der Waals surface area contributed by atoms with Crippen LogP contribution in [-0.2, 0) is 14.3 Å². The van der Waals surface area contributed by atoms with Crippen molar-refractivity contribution in [1.29, 1.82) is 0 Å². The topological polar surface area (TPSA) is 73.9 Å². The van der Waals surface area contributed by atoms with Gasteiger partial charge in [0.25, 0.3) is 5.91 Å². The van der Waals surface area contributed by atoms with Gasteiger partial charge >= 0.3 is 5.97 Å². The molecule has 2 rings (SSSR count). The molecule has 0 heterocycles. The largest absolute Gasteiger partial charge is 0.493 e. The fraction of sp³-hybridized carbons (Fsp3) is 0.333. The quantitative estimate of drug-likeness (QED) is 0.531. The predicted octanol–water partition coefficient (Wildman–Crippen LogP) is 3.98. The third-order valence-electron chi connectivity index (χ3n) is 4.00. The second-order valence-electron chi connectivity index (χ2n) is 6.25. The highest BCUT2D eigenvalue weighted by Crippen LogP contribution is 2.30. The third kappa shape index (κ3) is 5.92. The first-order chi connectivity index (χ1) is 13.3. The highest BCUT2D eigenvalue weighted by Gasteiger charge is 2.19. The van der Waals surface area contributed by atoms with Crippen molar-refractivity contribution in [1.82, 2.24) is 0 Å². The summed E-state index contributed by atoms with van der Waals surface area (Å²) in [5.74, 6) is 0.327. The molecule has 2 aromatic rings. The van der Waals surface area contributed by atoms with Crippen LogP contribution in [0, 0.1) is 13.8 Å². The molecule has 28 heavy (non-hydrogen) atoms. The van der Waals surface area contributed by atoms with Gasteiger partial charge in [-0.3, -0.25) is 9.59 Å². The first kappa shape index (κ1) is 21.6. The van der Waals surface area contributed by atoms with Crippen LogP contribution < -0.4 is 14.8 Å². The normalized spacial score (nSPS) is 11.5. The van der Waals surface area contributed by atoms with Gasteiger partial charge in [0.05, 0.1) is 20.0 Å². The molecule has 0 bridgehead atoms. The maximum absolute atomic E-state index is 12.3. The van der Waals surface area contributed by atoms with E-state index in [9.17, 15) is 9.59 Å². The maximum atomic E-state index is 12.3. The van der Waals surface area contributed by atoms with Crippen LogP contribution in [0.4, 0.5) is 5.69 Å². The first-order valence-corrected chi connectivity index (χ1v) is 9.75. The van der Waals surface area contributed by atoms with Crippen LogP contribution in [0.25, 0.3) is 0 Å². The minimum absolute atomic E-state index is 0.137. The lowest BCUT2D eigenvalue weighted by molar-refractivity contribution is -0.150. The molecule has 2 aromatic carbocycles. The molecule has 1 amide bonds. The SMILES string of the molecule is COc1ccc(NC(=O)[C@H](C)OC(=O)CSc2ccc(C)cc2C)cc1OC. The number of benzene rings is 2. The minimum atomic E-state index is -0.916. The van der Waals surface area contributed by atoms with Gasteiger partial charge in [-0.2, -0.15) is 0 Å². The van der Waals surface area contributed by atoms with E-state index in [2.05, 4.69) is 11.4 Å². The average Bonchev–Trinajstić information content (AvgIpc) is 2.67. The van der Waals surface area contributed by atoms with Crippen LogP contribution >= 0.6 is 11.8 Å². The third-order valence-corrected chi connectivity index (χ3v) is 5.15. The number of hydrogen-bond donors (Lipinski definition) is 1. The van der Waals surface area contributed by atoms with Crippen molar-refractivity contribution in [3.63, 3.8) is 0 Å². The number of rotatable bonds is 8. The van der Waals surface area contributed by atoms with Crippen LogP contribution in [0.15, 0.2) is 41.3 Å². The molecule has 0 aliphatic rings. The van der Waals surface area contributed by atoms with Crippen molar-refractivity contribution in [3.8, 4) is 11.5 Å². The molecule has 7 heteroatoms. The highest BCUT2D eigenvalue weighted by molar-refractivity contribution is 8.00. The van der Waals surface area contributed by atoms with Crippen molar-refractivity contribution in [2.45, 2.75) is 31.8 Å². The number of aryl methyl sites for hydroxylation is 2. The number of nitrogens with one attached hydrogen (secondary N) is 1. The van der Waals surface area contributed by atoms with E-state index < -0.39 is 18.0 Å². The fourth-order valence-electron chi connectivity index (χ4n) is 2.54. The zero-order valence-electron chi connectivity index (χ0n) is 16.7. The zero-order valence-corrected chi connectivity index (χ0v) is 17.5. The van der Waals surface area contributed by atoms with Gasteiger partial charge in [-0.15, -0.1) is 11.8 Å². The summed E-state index contributed by atoms with van der Waals surface area (Å²) in [5, 5.41) is 2.70. The number of carbonyl (C=O) groups is 2. The van der Waals surface area contributed by atoms with Gasteiger partial charge in [-0.1, -0.05) is 17.7 Å². The Balaban J connectivity index is 1.88. The molecule has 0 saturated heterocycles. The van der Waals surface area contributed by atoms with Gasteiger partial charge in [-0.05, 0) is 44.5 Å². The molecule has 0 spiro atoms. The zero-order chi connectivity index (χ0) is 20.7. The standard InChI is InChI=1S/C21H25NO5S/c1-13-6-9-19(14(2)10-13)28-12-20(23)27-15(3)21(24)22-16-7-8-17(25-4)18(11-16)26-5/h6-11,15H,12H2,1-5H3,(H,22,24)/t15-/m0/s1. The number of esters is 1. The summed E-state index contributed by atoms with van der Waals surface area (Å²) in [5.41, 5.74) is 2.80. The number of hydrogen-bond acceptors (Lipinski definition) is 6. The maximum Gasteiger partial charge on any atom is 0.317 e. The Morgan fingerprint density at radius 1 is 1.04 bits per heavy atom. The summed E-state index contributed by atoms with van der Waals surface area (Å²) in [6, 6.07) is 11.1. The molecule has 1 atom stereocenters. The Bertz CT molecular complexity index is 853. The van der Waals surface area contributed by atoms with Crippen LogP contribution in [0.2, 0.25) is 0 Å². The van der Waals surface area contributed by atoms with E-state index in [0.717, 1.165) is 10.5 Å². The number of anilines is 1. The summed E-state index contributed by atoms with van der Waals surface area (Å²) in [6.07, 6.45) is -0.916. The van der Waals surface area contributed by atoms with Crippen molar-refractivity contribution in [2.24, 2.45) is 0 Å². The molecule has 0 radical (unpaired) electrons. The summed E-state index contributed by atoms with van der Waals surface area (Å²) in [7, 11) is 3.05. The van der Waals surface area contributed by atoms with E-state index in [-0.39, 0.29) is 5.75 Å². The molecular weight excluding hydrogens is 378 g/mol. The molecule has 0 aliphatic heterocycles. The molecule has 0 fully saturated rings. The number of amides is 1. The molecule has 0 aliphatic carbocycles. The van der Waals surface area contributed by atoms with E-state index in [1.807, 2.05) is 26.0 Å². The first-order valence-electron chi connectivity index (χ1n) is 8.76. The van der Waals surface area contributed by atoms with Crippen molar-refractivity contribution < 1.29 is 23.8 Å². The van der Waals surface area contributed by atoms with Gasteiger partial charge in [0.1, 0.15) is 0 Å². The van der Waals surface area contributed by atoms with Gasteiger partial charge < -0.3 is 19.5 Å². The van der Waals surface area contributed by atoms with Crippen LogP contribution in [0.3, 0.4) is 0 Å². The Kier molecular flexibility index (Phi) is 7.75. The molecular formula is C21H25NO5S. The Morgan fingerprint density at radius 2 is 1.75 bits per heavy atom. The predicted molar refractivity (Wildman–Crippen MR) is 110 cm³/mol. The van der Waals surface area contributed by atoms with Crippen molar-refractivity contribution >= 4 is 29.3 Å². The van der Waals surface area contributed by atoms with E-state index in [0.29, 0.717) is 17.2 Å². The van der Waals surface area contributed by atoms with Crippen molar-refractivity contribution in [2.75, 3.05) is 25.3 Å². The summed E-state index contributed by atoms with van der Waals surface area (Å²) >= 11 is 1.39. The average molecular weight is 404 g/mol. The summed E-state index contributed by atoms with van der Waals surface area (Å²) in [4.78, 5) is 25.4. The second kappa shape index (κ2) is 10.0. The smallest absolute Gasteiger partial charge is 0.317 e. The molecule has 0 aromatic heterocycles. The van der Waals surface area contributed by atoms with Crippen LogP contribution in [0.1, 0.15) is 18.1 Å². The Morgan fingerprint density at radius 3 is 2.39 bits per heavy atom. The lowest BCUT2D eigenvalue weighted by Crippen LogP contribution is -2.30. The van der Waals surface area contributed by atoms with Gasteiger partial charge in [-0.25, -0.2) is 0 Å². The fourth-order valence-corrected chi connectivity index (χ4v) is 3.33. The van der Waals surface area contributed by atoms with Crippen LogP contribution in [-0.4, -0.2) is 38.0 Å². The Labute approximate surface area is 169 Å². The van der Waals surface area contributed by atoms with E-state index in [1.54, 1.807) is 18.2 Å². The van der Waals surface area contributed by atoms with Gasteiger partial charge in [0.15, 0.2) is 17.6 Å². The second-order valence-corrected chi connectivity index (χ2v) is 7.27. The number of ether oxygens (including phenoxy) is 3. The van der Waals surface area contributed by atoms with Gasteiger partial charge in [0.2, 0.25) is 0 Å². The molecule has 6 nitrogen and oxygen atoms in total. The molecule has 1 N–H and O–H groups in total. The minimum Gasteiger partial charge on any atom is -0.493 e. The van der Waals surface area contributed by atoms with E-state index in [4.69, 9.17) is 14.2 Å². The lowest BCUT2D eigenvalue weighted by atomic mass is 10.2. The monoisotopic (exact) mass is 403 g/mol. The van der Waals surface area contributed by atoms with Crippen molar-refractivity contribution in [3.05, 3.63) is 47.5 Å². The summed E-state index contributed by atoms with van der Waals surface area (Å²) < 4.78 is 15.6. The van der Waals surface area contributed by atoms with E-state index in [1.165, 1.54) is 38.5 Å². The van der Waals surface area contributed by atoms with Crippen LogP contribution in [0.5, 0.6) is 11.5 Å². The van der Waals surface area contributed by atoms with E-state index >= 15 is 0 Å². The molecule has 0 unspecified atom stereocenters. The number of carbonyl (C=O) groups excluding carboxylic acids is 2. The lowest BCUT2D eigenvalue weighted by Gasteiger charge is -2.15.